The number of benzene rings is 1. The van der Waals surface area contributed by atoms with Crippen molar-refractivity contribution in [3.05, 3.63) is 35.9 Å². The molecule has 1 nitrogen and oxygen atoms in total. The van der Waals surface area contributed by atoms with E-state index in [0.717, 1.165) is 19.6 Å². The van der Waals surface area contributed by atoms with Crippen LogP contribution in [0.2, 0.25) is 19.6 Å². The summed E-state index contributed by atoms with van der Waals surface area (Å²) in [6.45, 7) is 8.57. The van der Waals surface area contributed by atoms with Gasteiger partial charge in [0.2, 0.25) is 0 Å². The van der Waals surface area contributed by atoms with Crippen LogP contribution in [-0.2, 0) is 11.3 Å². The Bertz CT molecular complexity index is 450. The summed E-state index contributed by atoms with van der Waals surface area (Å²) in [4.78, 5) is 0. The maximum absolute atomic E-state index is 5.71. The summed E-state index contributed by atoms with van der Waals surface area (Å²) < 4.78 is 5.71. The van der Waals surface area contributed by atoms with E-state index in [4.69, 9.17) is 4.74 Å². The maximum Gasteiger partial charge on any atom is 0.129 e. The summed E-state index contributed by atoms with van der Waals surface area (Å²) in [5.41, 5.74) is 4.71. The second-order valence-electron chi connectivity index (χ2n) is 7.31. The van der Waals surface area contributed by atoms with Crippen LogP contribution in [0.1, 0.15) is 56.9 Å². The minimum absolute atomic E-state index is 0.749. The Morgan fingerprint density at radius 2 is 1.43 bits per heavy atom. The molecule has 1 aromatic carbocycles. The first-order valence-electron chi connectivity index (χ1n) is 9.20. The van der Waals surface area contributed by atoms with E-state index in [9.17, 15) is 0 Å². The van der Waals surface area contributed by atoms with E-state index in [1.54, 1.807) is 0 Å². The van der Waals surface area contributed by atoms with Crippen LogP contribution in [0, 0.1) is 11.5 Å². The molecule has 0 fully saturated rings. The molecule has 0 saturated carbocycles. The average molecular weight is 331 g/mol. The smallest absolute Gasteiger partial charge is 0.129 e. The average Bonchev–Trinajstić information content (AvgIpc) is 2.52. The van der Waals surface area contributed by atoms with Gasteiger partial charge in [-0.15, -0.1) is 11.5 Å². The van der Waals surface area contributed by atoms with Gasteiger partial charge in [0.15, 0.2) is 0 Å². The fourth-order valence-electron chi connectivity index (χ4n) is 2.39. The lowest BCUT2D eigenvalue weighted by Gasteiger charge is -2.05. The first kappa shape index (κ1) is 20.0. The van der Waals surface area contributed by atoms with Crippen LogP contribution in [-0.4, -0.2) is 14.7 Å². The van der Waals surface area contributed by atoms with Crippen LogP contribution in [0.25, 0.3) is 0 Å². The second-order valence-corrected chi connectivity index (χ2v) is 12.1. The Hall–Kier alpha value is -1.04. The van der Waals surface area contributed by atoms with Gasteiger partial charge >= 0.3 is 0 Å². The molecule has 0 saturated heterocycles. The van der Waals surface area contributed by atoms with Gasteiger partial charge in [0.1, 0.15) is 8.07 Å². The van der Waals surface area contributed by atoms with Crippen molar-refractivity contribution in [1.82, 2.24) is 0 Å². The molecule has 0 bridgehead atoms. The summed E-state index contributed by atoms with van der Waals surface area (Å²) in [6.07, 6.45) is 10.3. The third-order valence-corrected chi connectivity index (χ3v) is 4.59. The van der Waals surface area contributed by atoms with Crippen molar-refractivity contribution < 1.29 is 4.74 Å². The lowest BCUT2D eigenvalue weighted by atomic mass is 10.1. The summed E-state index contributed by atoms with van der Waals surface area (Å²) in [5.74, 6) is 3.36. The maximum atomic E-state index is 5.71. The van der Waals surface area contributed by atoms with Gasteiger partial charge < -0.3 is 4.74 Å². The minimum atomic E-state index is -1.15. The highest BCUT2D eigenvalue weighted by Crippen LogP contribution is 2.09. The Kier molecular flexibility index (Phi) is 10.8. The summed E-state index contributed by atoms with van der Waals surface area (Å²) in [7, 11) is -1.15. The van der Waals surface area contributed by atoms with Crippen molar-refractivity contribution in [2.45, 2.75) is 77.6 Å². The van der Waals surface area contributed by atoms with Crippen molar-refractivity contribution in [2.75, 3.05) is 6.61 Å². The fraction of sp³-hybridized carbons (Fsp3) is 0.619. The predicted octanol–water partition coefficient (Wildman–Crippen LogP) is 6.20. The molecule has 2 heteroatoms. The molecule has 0 amide bonds. The van der Waals surface area contributed by atoms with Crippen molar-refractivity contribution in [3.63, 3.8) is 0 Å². The fourth-order valence-corrected chi connectivity index (χ4v) is 3.05. The molecule has 0 aromatic heterocycles. The van der Waals surface area contributed by atoms with E-state index >= 15 is 0 Å². The van der Waals surface area contributed by atoms with Gasteiger partial charge in [-0.25, -0.2) is 0 Å². The van der Waals surface area contributed by atoms with Gasteiger partial charge in [-0.1, -0.05) is 82.1 Å². The van der Waals surface area contributed by atoms with E-state index in [0.29, 0.717) is 0 Å². The molecule has 23 heavy (non-hydrogen) atoms. The molecule has 0 heterocycles. The monoisotopic (exact) mass is 330 g/mol. The molecule has 0 radical (unpaired) electrons. The summed E-state index contributed by atoms with van der Waals surface area (Å²) in [5, 5.41) is 0. The first-order chi connectivity index (χ1) is 11.1. The van der Waals surface area contributed by atoms with Gasteiger partial charge in [0.05, 0.1) is 6.61 Å². The molecule has 0 spiro atoms. The van der Waals surface area contributed by atoms with E-state index in [1.165, 1.54) is 50.5 Å². The second kappa shape index (κ2) is 12.4. The Balaban J connectivity index is 1.82. The number of rotatable bonds is 11. The SMILES string of the molecule is C[Si](C)(C)C#CCCCCCCCCCOCc1ccccc1. The van der Waals surface area contributed by atoms with Crippen LogP contribution in [0.3, 0.4) is 0 Å². The third kappa shape index (κ3) is 13.1. The van der Waals surface area contributed by atoms with Crippen LogP contribution in [0.15, 0.2) is 30.3 Å². The van der Waals surface area contributed by atoms with Crippen molar-refractivity contribution in [1.29, 1.82) is 0 Å². The van der Waals surface area contributed by atoms with Gasteiger partial charge in [-0.2, -0.15) is 0 Å². The Morgan fingerprint density at radius 1 is 0.826 bits per heavy atom. The van der Waals surface area contributed by atoms with Crippen LogP contribution in [0.4, 0.5) is 0 Å². The van der Waals surface area contributed by atoms with Gasteiger partial charge in [-0.05, 0) is 18.4 Å². The molecule has 1 aromatic rings. The molecular formula is C21H34OSi. The number of hydrogen-bond donors (Lipinski definition) is 0. The minimum Gasteiger partial charge on any atom is -0.377 e. The van der Waals surface area contributed by atoms with Crippen LogP contribution >= 0.6 is 0 Å². The lowest BCUT2D eigenvalue weighted by Crippen LogP contribution is -2.16. The topological polar surface area (TPSA) is 9.23 Å². The zero-order chi connectivity index (χ0) is 16.8. The predicted molar refractivity (Wildman–Crippen MR) is 104 cm³/mol. The highest BCUT2D eigenvalue weighted by atomic mass is 28.3. The molecule has 0 aliphatic carbocycles. The van der Waals surface area contributed by atoms with E-state index in [2.05, 4.69) is 55.4 Å². The molecule has 128 valence electrons. The molecular weight excluding hydrogens is 296 g/mol. The van der Waals surface area contributed by atoms with Gasteiger partial charge in [0.25, 0.3) is 0 Å². The van der Waals surface area contributed by atoms with Crippen molar-refractivity contribution in [3.8, 4) is 11.5 Å². The summed E-state index contributed by atoms with van der Waals surface area (Å²) >= 11 is 0. The zero-order valence-corrected chi connectivity index (χ0v) is 16.4. The number of hydrogen-bond acceptors (Lipinski definition) is 1. The number of unbranched alkanes of at least 4 members (excludes halogenated alkanes) is 7. The van der Waals surface area contributed by atoms with E-state index < -0.39 is 8.07 Å². The third-order valence-electron chi connectivity index (χ3n) is 3.67. The van der Waals surface area contributed by atoms with Gasteiger partial charge in [-0.3, -0.25) is 0 Å². The normalized spacial score (nSPS) is 11.1. The zero-order valence-electron chi connectivity index (χ0n) is 15.4. The van der Waals surface area contributed by atoms with Crippen molar-refractivity contribution in [2.24, 2.45) is 0 Å². The van der Waals surface area contributed by atoms with Gasteiger partial charge in [0, 0.05) is 13.0 Å². The highest BCUT2D eigenvalue weighted by molar-refractivity contribution is 6.83. The number of ether oxygens (including phenoxy) is 1. The van der Waals surface area contributed by atoms with Crippen molar-refractivity contribution >= 4 is 8.07 Å². The highest BCUT2D eigenvalue weighted by Gasteiger charge is 2.06. The molecule has 0 atom stereocenters. The molecule has 0 N–H and O–H groups in total. The lowest BCUT2D eigenvalue weighted by molar-refractivity contribution is 0.116. The van der Waals surface area contributed by atoms with E-state index in [-0.39, 0.29) is 0 Å². The molecule has 0 unspecified atom stereocenters. The van der Waals surface area contributed by atoms with Crippen LogP contribution < -0.4 is 0 Å². The Morgan fingerprint density at radius 3 is 2.09 bits per heavy atom. The first-order valence-corrected chi connectivity index (χ1v) is 12.7. The summed E-state index contributed by atoms with van der Waals surface area (Å²) in [6, 6.07) is 10.4. The Labute approximate surface area is 144 Å². The van der Waals surface area contributed by atoms with Crippen LogP contribution in [0.5, 0.6) is 0 Å². The molecule has 0 aliphatic heterocycles. The van der Waals surface area contributed by atoms with E-state index in [1.807, 2.05) is 6.07 Å². The largest absolute Gasteiger partial charge is 0.377 e. The standard InChI is InChI=1S/C21H34OSi/c1-23(2,3)19-15-10-8-6-4-5-7-9-14-18-22-20-21-16-12-11-13-17-21/h11-13,16-17H,4-10,14,18,20H2,1-3H3. The molecule has 0 aliphatic rings. The molecule has 1 rings (SSSR count). The quantitative estimate of drug-likeness (QED) is 0.266.